The number of aliphatic hydroxyl groups is 1. The van der Waals surface area contributed by atoms with Crippen LogP contribution in [0, 0.1) is 22.7 Å². The highest BCUT2D eigenvalue weighted by Crippen LogP contribution is 2.61. The number of allylic oxidation sites excluding steroid dienone is 1. The zero-order chi connectivity index (χ0) is 42.6. The number of hydroxylamine groups is 2. The van der Waals surface area contributed by atoms with Crippen LogP contribution in [0.2, 0.25) is 0 Å². The number of benzene rings is 3. The lowest BCUT2D eigenvalue weighted by Gasteiger charge is -2.53. The van der Waals surface area contributed by atoms with Crippen molar-refractivity contribution in [2.45, 2.75) is 133 Å². The van der Waals surface area contributed by atoms with Crippen LogP contribution in [0.1, 0.15) is 97.5 Å². The van der Waals surface area contributed by atoms with Gasteiger partial charge in [-0.25, -0.2) is 0 Å². The van der Waals surface area contributed by atoms with Gasteiger partial charge in [-0.1, -0.05) is 86.2 Å². The van der Waals surface area contributed by atoms with Gasteiger partial charge in [-0.05, 0) is 96.2 Å². The summed E-state index contributed by atoms with van der Waals surface area (Å²) in [4.78, 5) is 49.4. The average molecular weight is 844 g/mol. The Morgan fingerprint density at radius 2 is 1.68 bits per heavy atom. The quantitative estimate of drug-likeness (QED) is 0.184. The highest BCUT2D eigenvalue weighted by molar-refractivity contribution is 5.95. The van der Waals surface area contributed by atoms with Gasteiger partial charge in [0.25, 0.3) is 5.91 Å². The van der Waals surface area contributed by atoms with Crippen molar-refractivity contribution >= 4 is 23.9 Å². The van der Waals surface area contributed by atoms with E-state index in [0.29, 0.717) is 41.9 Å². The molecule has 2 bridgehead atoms. The topological polar surface area (TPSA) is 148 Å². The molecule has 4 saturated heterocycles. The lowest BCUT2D eigenvalue weighted by Crippen LogP contribution is -2.69. The molecule has 3 aromatic carbocycles. The molecule has 3 saturated carbocycles. The van der Waals surface area contributed by atoms with Gasteiger partial charge >= 0.3 is 5.97 Å². The van der Waals surface area contributed by atoms with Crippen LogP contribution in [0.3, 0.4) is 0 Å². The Morgan fingerprint density at radius 1 is 0.903 bits per heavy atom. The molecule has 10 atom stereocenters. The number of hydrogen-bond donors (Lipinski definition) is 3. The first kappa shape index (κ1) is 40.4. The minimum Gasteiger partial charge on any atom is -0.458 e. The molecule has 3 N–H and O–H groups in total. The van der Waals surface area contributed by atoms with Crippen LogP contribution < -0.4 is 10.6 Å². The number of amides is 2. The fraction of sp³-hybridized carbons (Fsp3) is 0.540. The zero-order valence-corrected chi connectivity index (χ0v) is 35.8. The van der Waals surface area contributed by atoms with Crippen LogP contribution in [0.5, 0.6) is 0 Å². The third kappa shape index (κ3) is 6.58. The van der Waals surface area contributed by atoms with E-state index in [1.807, 2.05) is 24.3 Å². The molecule has 1 unspecified atom stereocenters. The van der Waals surface area contributed by atoms with E-state index in [1.54, 1.807) is 23.3 Å². The van der Waals surface area contributed by atoms with E-state index >= 15 is 4.79 Å². The van der Waals surface area contributed by atoms with Gasteiger partial charge in [0.1, 0.15) is 29.8 Å². The number of esters is 1. The molecular formula is C50H57N3O9. The molecule has 4 heterocycles. The summed E-state index contributed by atoms with van der Waals surface area (Å²) in [6, 6.07) is 22.5. The number of rotatable bonds is 9. The fourth-order valence-corrected chi connectivity index (χ4v) is 12.6. The number of fused-ring (bicyclic) bond motifs is 7. The van der Waals surface area contributed by atoms with Gasteiger partial charge in [0.2, 0.25) is 5.91 Å². The number of epoxide rings is 1. The minimum atomic E-state index is -1.36. The van der Waals surface area contributed by atoms with Crippen LogP contribution in [0.4, 0.5) is 0 Å². The zero-order valence-electron chi connectivity index (χ0n) is 35.8. The summed E-state index contributed by atoms with van der Waals surface area (Å²) in [5, 5.41) is 16.7. The molecule has 8 aliphatic rings. The maximum absolute atomic E-state index is 15.1. The van der Waals surface area contributed by atoms with Gasteiger partial charge < -0.3 is 34.7 Å². The second kappa shape index (κ2) is 14.8. The number of carbonyl (C=O) groups excluding carboxylic acids is 3. The van der Waals surface area contributed by atoms with Crippen molar-refractivity contribution in [2.75, 3.05) is 13.2 Å². The molecule has 0 radical (unpaired) electrons. The molecule has 3 aromatic rings. The molecule has 12 nitrogen and oxygen atoms in total. The van der Waals surface area contributed by atoms with Crippen molar-refractivity contribution in [3.63, 3.8) is 0 Å². The van der Waals surface area contributed by atoms with E-state index in [2.05, 4.69) is 67.8 Å². The Kier molecular flexibility index (Phi) is 9.65. The maximum atomic E-state index is 15.1. The monoisotopic (exact) mass is 843 g/mol. The third-order valence-electron chi connectivity index (χ3n) is 15.9. The van der Waals surface area contributed by atoms with E-state index < -0.39 is 47.6 Å². The first-order chi connectivity index (χ1) is 29.9. The van der Waals surface area contributed by atoms with Crippen molar-refractivity contribution in [2.24, 2.45) is 22.7 Å². The summed E-state index contributed by atoms with van der Waals surface area (Å²) >= 11 is 0. The Labute approximate surface area is 362 Å². The molecule has 4 aliphatic carbocycles. The standard InChI is InChI=1S/C50H57N3O9/c1-47(2)25-36-31(15-16-39-48(3,59-39)18-17-37(36)47)22-30-10-4-7-13-35(30)28-53-42-45(56)58-38-26-50(42,46(57)52-27-29-9-8-14-32(21-29)44(55)51-19-20-54)43(62-53)41-40(38)60-49(61-41)23-33-11-5-6-12-34(33)24-49/h4-14,21-22,36-43,54H,15-20,23-28H2,1-3H3,(H,51,55)(H,52,57)/t36-,37-,38+,39?,40+,41+,42+,43-,48-,50+/m1/s1. The van der Waals surface area contributed by atoms with Gasteiger partial charge in [0.05, 0.1) is 24.9 Å². The van der Waals surface area contributed by atoms with Gasteiger partial charge in [-0.2, -0.15) is 5.06 Å². The smallest absolute Gasteiger partial charge is 0.327 e. The predicted molar refractivity (Wildman–Crippen MR) is 227 cm³/mol. The average Bonchev–Trinajstić information content (AvgIpc) is 3.53. The summed E-state index contributed by atoms with van der Waals surface area (Å²) in [6.07, 6.45) is 6.55. The van der Waals surface area contributed by atoms with Crippen LogP contribution in [0.25, 0.3) is 6.08 Å². The number of carbonyl (C=O) groups is 3. The van der Waals surface area contributed by atoms with E-state index in [1.165, 1.54) is 5.57 Å². The molecule has 12 heteroatoms. The fourth-order valence-electron chi connectivity index (χ4n) is 12.6. The largest absolute Gasteiger partial charge is 0.458 e. The van der Waals surface area contributed by atoms with Crippen molar-refractivity contribution in [1.82, 2.24) is 15.7 Å². The van der Waals surface area contributed by atoms with Crippen molar-refractivity contribution < 1.29 is 43.3 Å². The number of hydrogen-bond acceptors (Lipinski definition) is 10. The Balaban J connectivity index is 0.915. The molecule has 11 rings (SSSR count). The van der Waals surface area contributed by atoms with E-state index in [4.69, 9.17) is 23.8 Å². The highest BCUT2D eigenvalue weighted by Gasteiger charge is 2.76. The summed E-state index contributed by atoms with van der Waals surface area (Å²) < 4.78 is 26.4. The van der Waals surface area contributed by atoms with Gasteiger partial charge in [0.15, 0.2) is 11.8 Å². The molecular weight excluding hydrogens is 787 g/mol. The second-order valence-electron chi connectivity index (χ2n) is 20.1. The summed E-state index contributed by atoms with van der Waals surface area (Å²) in [7, 11) is 0. The number of nitrogens with one attached hydrogen (secondary N) is 2. The van der Waals surface area contributed by atoms with Crippen LogP contribution in [-0.2, 0) is 59.3 Å². The van der Waals surface area contributed by atoms with E-state index in [-0.39, 0.29) is 55.5 Å². The van der Waals surface area contributed by atoms with Gasteiger partial charge in [0, 0.05) is 37.9 Å². The Morgan fingerprint density at radius 3 is 2.47 bits per heavy atom. The van der Waals surface area contributed by atoms with E-state index in [0.717, 1.165) is 54.4 Å². The van der Waals surface area contributed by atoms with Gasteiger partial charge in [-0.15, -0.1) is 0 Å². The SMILES string of the molecule is CC1(C)C[C@@H]2C(=Cc3ccccc3CN3O[C@@H]4[C@H]5OC6(Cc7ccccc7C6)O[C@H]5[C@@H]5C[C@]4(C(=O)NCc4cccc(C(=O)NCCO)c4)[C@@H]3C(=O)O5)CCC3O[C@]3(C)CC[C@H]21. The number of ether oxygens (including phenoxy) is 4. The lowest BCUT2D eigenvalue weighted by atomic mass is 9.52. The second-order valence-corrected chi connectivity index (χ2v) is 20.1. The summed E-state index contributed by atoms with van der Waals surface area (Å²) in [6.45, 7) is 7.42. The summed E-state index contributed by atoms with van der Waals surface area (Å²) in [5.74, 6) is -1.02. The van der Waals surface area contributed by atoms with Crippen molar-refractivity contribution in [3.8, 4) is 0 Å². The lowest BCUT2D eigenvalue weighted by molar-refractivity contribution is -0.217. The molecule has 4 aliphatic heterocycles. The van der Waals surface area contributed by atoms with Crippen molar-refractivity contribution in [1.29, 1.82) is 0 Å². The number of aliphatic hydroxyl groups excluding tert-OH is 1. The molecule has 7 fully saturated rings. The molecule has 326 valence electrons. The Bertz CT molecular complexity index is 2320. The van der Waals surface area contributed by atoms with Crippen LogP contribution >= 0.6 is 0 Å². The normalized spacial score (nSPS) is 36.2. The van der Waals surface area contributed by atoms with E-state index in [9.17, 15) is 14.7 Å². The van der Waals surface area contributed by atoms with Crippen molar-refractivity contribution in [3.05, 3.63) is 112 Å². The third-order valence-corrected chi connectivity index (χ3v) is 15.9. The first-order valence-electron chi connectivity index (χ1n) is 22.7. The molecule has 0 aromatic heterocycles. The van der Waals surface area contributed by atoms with Gasteiger partial charge in [-0.3, -0.25) is 19.2 Å². The van der Waals surface area contributed by atoms with Crippen LogP contribution in [-0.4, -0.2) is 89.1 Å². The molecule has 62 heavy (non-hydrogen) atoms. The highest BCUT2D eigenvalue weighted by atomic mass is 16.8. The first-order valence-corrected chi connectivity index (χ1v) is 22.7. The number of nitrogens with zero attached hydrogens (tertiary/aromatic N) is 1. The molecule has 1 spiro atoms. The minimum absolute atomic E-state index is 0.00103. The molecule has 2 amide bonds. The Hall–Kier alpha value is -4.43. The maximum Gasteiger partial charge on any atom is 0.327 e. The van der Waals surface area contributed by atoms with Crippen LogP contribution in [0.15, 0.2) is 78.4 Å². The predicted octanol–water partition coefficient (Wildman–Crippen LogP) is 5.58. The summed E-state index contributed by atoms with van der Waals surface area (Å²) in [5.41, 5.74) is 5.89.